The van der Waals surface area contributed by atoms with E-state index in [0.717, 1.165) is 41.9 Å². The molecule has 0 aliphatic heterocycles. The molecule has 23 heavy (non-hydrogen) atoms. The van der Waals surface area contributed by atoms with Crippen LogP contribution in [0.2, 0.25) is 0 Å². The summed E-state index contributed by atoms with van der Waals surface area (Å²) in [6.45, 7) is 0.587. The summed E-state index contributed by atoms with van der Waals surface area (Å²) in [7, 11) is 0. The molecule has 0 unspecified atom stereocenters. The Kier molecular flexibility index (Phi) is 5.09. The lowest BCUT2D eigenvalue weighted by atomic mass is 10.1. The second-order valence-electron chi connectivity index (χ2n) is 5.39. The molecule has 0 spiro atoms. The van der Waals surface area contributed by atoms with E-state index in [2.05, 4.69) is 21.1 Å². The van der Waals surface area contributed by atoms with Gasteiger partial charge in [0.25, 0.3) is 0 Å². The summed E-state index contributed by atoms with van der Waals surface area (Å²) in [5.41, 5.74) is 3.85. The van der Waals surface area contributed by atoms with E-state index in [4.69, 9.17) is 0 Å². The van der Waals surface area contributed by atoms with Crippen molar-refractivity contribution >= 4 is 0 Å². The van der Waals surface area contributed by atoms with Gasteiger partial charge in [-0.05, 0) is 31.4 Å². The van der Waals surface area contributed by atoms with Gasteiger partial charge in [0.1, 0.15) is 0 Å². The van der Waals surface area contributed by atoms with Crippen LogP contribution in [0.4, 0.5) is 4.39 Å². The molecule has 2 heterocycles. The van der Waals surface area contributed by atoms with Crippen LogP contribution < -0.4 is 0 Å². The van der Waals surface area contributed by atoms with Crippen molar-refractivity contribution in [2.24, 2.45) is 0 Å². The van der Waals surface area contributed by atoms with Crippen LogP contribution in [0.3, 0.4) is 0 Å². The summed E-state index contributed by atoms with van der Waals surface area (Å²) in [5.74, 6) is 0. The number of hydrogen-bond donors (Lipinski definition) is 0. The van der Waals surface area contributed by atoms with Gasteiger partial charge >= 0.3 is 0 Å². The predicted molar refractivity (Wildman–Crippen MR) is 88.5 cm³/mol. The molecule has 0 radical (unpaired) electrons. The van der Waals surface area contributed by atoms with Crippen LogP contribution in [0.1, 0.15) is 19.3 Å². The highest BCUT2D eigenvalue weighted by Crippen LogP contribution is 2.23. The number of hydrogen-bond acceptors (Lipinski definition) is 3. The first-order valence-corrected chi connectivity index (χ1v) is 7.83. The standard InChI is InChI=1S/C18H19FN4/c19-8-2-1-3-11-23-12-7-17(22-23)15-5-4-6-16(13-15)18-14-20-9-10-21-18/h4-7,9-10,12-14H,1-3,8,11H2. The van der Waals surface area contributed by atoms with Crippen molar-refractivity contribution in [3.63, 3.8) is 0 Å². The Morgan fingerprint density at radius 1 is 0.957 bits per heavy atom. The maximum atomic E-state index is 12.1. The Hall–Kier alpha value is -2.56. The van der Waals surface area contributed by atoms with E-state index in [1.165, 1.54) is 0 Å². The second-order valence-corrected chi connectivity index (χ2v) is 5.39. The third-order valence-corrected chi connectivity index (χ3v) is 3.68. The third-order valence-electron chi connectivity index (χ3n) is 3.68. The van der Waals surface area contributed by atoms with Crippen LogP contribution in [-0.4, -0.2) is 26.4 Å². The summed E-state index contributed by atoms with van der Waals surface area (Å²) in [4.78, 5) is 8.44. The van der Waals surface area contributed by atoms with Crippen LogP contribution in [0.5, 0.6) is 0 Å². The van der Waals surface area contributed by atoms with E-state index < -0.39 is 0 Å². The highest BCUT2D eigenvalue weighted by molar-refractivity contribution is 5.68. The minimum atomic E-state index is -0.237. The van der Waals surface area contributed by atoms with Crippen molar-refractivity contribution in [2.45, 2.75) is 25.8 Å². The molecular weight excluding hydrogens is 291 g/mol. The summed E-state index contributed by atoms with van der Waals surface area (Å²) >= 11 is 0. The molecule has 0 N–H and O–H groups in total. The Balaban J connectivity index is 1.74. The third kappa shape index (κ3) is 4.00. The Bertz CT molecular complexity index is 740. The summed E-state index contributed by atoms with van der Waals surface area (Å²) in [6, 6.07) is 10.1. The normalized spacial score (nSPS) is 10.8. The molecule has 2 aromatic heterocycles. The largest absolute Gasteiger partial charge is 0.272 e. The van der Waals surface area contributed by atoms with Crippen LogP contribution >= 0.6 is 0 Å². The number of halogens is 1. The van der Waals surface area contributed by atoms with E-state index in [0.29, 0.717) is 6.42 Å². The van der Waals surface area contributed by atoms with E-state index in [1.54, 1.807) is 18.6 Å². The number of aryl methyl sites for hydroxylation is 1. The van der Waals surface area contributed by atoms with Gasteiger partial charge in [-0.15, -0.1) is 0 Å². The van der Waals surface area contributed by atoms with Crippen molar-refractivity contribution in [1.29, 1.82) is 0 Å². The summed E-state index contributed by atoms with van der Waals surface area (Å²) in [5, 5.41) is 4.60. The fourth-order valence-electron chi connectivity index (χ4n) is 2.47. The SMILES string of the molecule is FCCCCCn1ccc(-c2cccc(-c3cnccn3)c2)n1. The van der Waals surface area contributed by atoms with Gasteiger partial charge in [-0.3, -0.25) is 19.0 Å². The molecule has 118 valence electrons. The van der Waals surface area contributed by atoms with Crippen molar-refractivity contribution in [2.75, 3.05) is 6.67 Å². The zero-order chi connectivity index (χ0) is 15.9. The number of unbranched alkanes of at least 4 members (excludes halogenated alkanes) is 2. The van der Waals surface area contributed by atoms with E-state index in [-0.39, 0.29) is 6.67 Å². The molecule has 0 aliphatic carbocycles. The number of benzene rings is 1. The van der Waals surface area contributed by atoms with Gasteiger partial charge < -0.3 is 0 Å². The predicted octanol–water partition coefficient (Wildman–Crippen LogP) is 4.15. The van der Waals surface area contributed by atoms with Gasteiger partial charge in [0.2, 0.25) is 0 Å². The molecule has 0 atom stereocenters. The molecular formula is C18H19FN4. The summed E-state index contributed by atoms with van der Waals surface area (Å²) < 4.78 is 14.0. The number of alkyl halides is 1. The quantitative estimate of drug-likeness (QED) is 0.616. The Morgan fingerprint density at radius 2 is 1.83 bits per heavy atom. The molecule has 4 nitrogen and oxygen atoms in total. The molecule has 0 amide bonds. The first-order chi connectivity index (χ1) is 11.4. The van der Waals surface area contributed by atoms with E-state index >= 15 is 0 Å². The lowest BCUT2D eigenvalue weighted by Crippen LogP contribution is -1.99. The zero-order valence-corrected chi connectivity index (χ0v) is 12.9. The Labute approximate surface area is 135 Å². The number of aromatic nitrogens is 4. The second kappa shape index (κ2) is 7.63. The number of nitrogens with zero attached hydrogens (tertiary/aromatic N) is 4. The van der Waals surface area contributed by atoms with Crippen LogP contribution in [0.15, 0.2) is 55.1 Å². The molecule has 0 bridgehead atoms. The van der Waals surface area contributed by atoms with Crippen molar-refractivity contribution in [3.05, 3.63) is 55.1 Å². The first kappa shape index (κ1) is 15.3. The maximum absolute atomic E-state index is 12.1. The van der Waals surface area contributed by atoms with Gasteiger partial charge in [0.05, 0.1) is 24.3 Å². The first-order valence-electron chi connectivity index (χ1n) is 7.83. The Morgan fingerprint density at radius 3 is 2.61 bits per heavy atom. The minimum absolute atomic E-state index is 0.237. The lowest BCUT2D eigenvalue weighted by Gasteiger charge is -2.03. The van der Waals surface area contributed by atoms with Crippen molar-refractivity contribution in [3.8, 4) is 22.5 Å². The number of rotatable bonds is 7. The van der Waals surface area contributed by atoms with Crippen LogP contribution in [-0.2, 0) is 6.54 Å². The average molecular weight is 310 g/mol. The molecule has 0 aliphatic rings. The highest BCUT2D eigenvalue weighted by Gasteiger charge is 2.05. The fraction of sp³-hybridized carbons (Fsp3) is 0.278. The van der Waals surface area contributed by atoms with Crippen molar-refractivity contribution in [1.82, 2.24) is 19.7 Å². The smallest absolute Gasteiger partial charge is 0.0923 e. The van der Waals surface area contributed by atoms with Gasteiger partial charge in [-0.25, -0.2) is 0 Å². The van der Waals surface area contributed by atoms with Gasteiger partial charge in [-0.1, -0.05) is 18.2 Å². The molecule has 5 heteroatoms. The fourth-order valence-corrected chi connectivity index (χ4v) is 2.47. The molecule has 0 fully saturated rings. The molecule has 0 saturated heterocycles. The molecule has 0 saturated carbocycles. The van der Waals surface area contributed by atoms with Gasteiger partial charge in [0.15, 0.2) is 0 Å². The van der Waals surface area contributed by atoms with Crippen LogP contribution in [0.25, 0.3) is 22.5 Å². The average Bonchev–Trinajstić information content (AvgIpc) is 3.09. The molecule has 3 aromatic rings. The lowest BCUT2D eigenvalue weighted by molar-refractivity contribution is 0.443. The monoisotopic (exact) mass is 310 g/mol. The molecule has 3 rings (SSSR count). The zero-order valence-electron chi connectivity index (χ0n) is 12.9. The maximum Gasteiger partial charge on any atom is 0.0923 e. The van der Waals surface area contributed by atoms with E-state index in [9.17, 15) is 4.39 Å². The topological polar surface area (TPSA) is 43.6 Å². The highest BCUT2D eigenvalue weighted by atomic mass is 19.1. The van der Waals surface area contributed by atoms with Gasteiger partial charge in [0, 0.05) is 36.3 Å². The minimum Gasteiger partial charge on any atom is -0.272 e. The van der Waals surface area contributed by atoms with Crippen molar-refractivity contribution < 1.29 is 4.39 Å². The molecule has 1 aromatic carbocycles. The van der Waals surface area contributed by atoms with E-state index in [1.807, 2.05) is 35.1 Å². The van der Waals surface area contributed by atoms with Crippen LogP contribution in [0, 0.1) is 0 Å². The summed E-state index contributed by atoms with van der Waals surface area (Å²) in [6.07, 6.45) is 9.56. The van der Waals surface area contributed by atoms with Gasteiger partial charge in [-0.2, -0.15) is 5.10 Å².